The maximum atomic E-state index is 10.1. The Labute approximate surface area is 255 Å². The molecule has 4 unspecified atom stereocenters. The van der Waals surface area contributed by atoms with Crippen LogP contribution in [0.3, 0.4) is 0 Å². The molecule has 0 bridgehead atoms. The average Bonchev–Trinajstić information content (AvgIpc) is 2.96. The van der Waals surface area contributed by atoms with Gasteiger partial charge in [-0.05, 0) is 38.8 Å². The number of rotatable bonds is 30. The molecule has 42 heavy (non-hydrogen) atoms. The van der Waals surface area contributed by atoms with Crippen LogP contribution >= 0.6 is 0 Å². The molecule has 0 aliphatic rings. The van der Waals surface area contributed by atoms with Gasteiger partial charge in [-0.2, -0.15) is 0 Å². The standard InChI is InChI=1S/C28H60N2O2.C4H6O6/c1-3-5-7-9-11-13-17-21-27(31)25-29-23-19-15-16-20-24-30-26-28(32)22-18-14-12-10-8-6-4-2;5-1(3(7)8)2(6)4(9)10/h27-32H,3-26H2,1-2H3;1-2,5-6H,(H,7,8)(H,9,10). The first-order chi connectivity index (χ1) is 20.2. The highest BCUT2D eigenvalue weighted by atomic mass is 16.4. The molecule has 0 fully saturated rings. The van der Waals surface area contributed by atoms with Crippen LogP contribution in [0.2, 0.25) is 0 Å². The second kappa shape index (κ2) is 32.6. The Hall–Kier alpha value is -1.30. The van der Waals surface area contributed by atoms with Crippen LogP contribution in [0.15, 0.2) is 0 Å². The highest BCUT2D eigenvalue weighted by Crippen LogP contribution is 2.10. The molecule has 0 rings (SSSR count). The molecular formula is C32H66N2O8. The van der Waals surface area contributed by atoms with Crippen molar-refractivity contribution in [3.63, 3.8) is 0 Å². The summed E-state index contributed by atoms with van der Waals surface area (Å²) in [6.07, 6.45) is 20.2. The zero-order chi connectivity index (χ0) is 31.8. The van der Waals surface area contributed by atoms with E-state index < -0.39 is 24.1 Å². The number of nitrogens with one attached hydrogen (secondary N) is 2. The minimum atomic E-state index is -2.27. The van der Waals surface area contributed by atoms with Gasteiger partial charge in [0, 0.05) is 13.1 Å². The molecule has 0 aromatic heterocycles. The molecule has 8 N–H and O–H groups in total. The van der Waals surface area contributed by atoms with Gasteiger partial charge >= 0.3 is 11.9 Å². The molecule has 4 atom stereocenters. The third kappa shape index (κ3) is 31.6. The Balaban J connectivity index is 0. The van der Waals surface area contributed by atoms with Crippen molar-refractivity contribution in [2.45, 2.75) is 167 Å². The lowest BCUT2D eigenvalue weighted by atomic mass is 10.1. The van der Waals surface area contributed by atoms with E-state index in [0.29, 0.717) is 0 Å². The second-order valence-electron chi connectivity index (χ2n) is 11.5. The minimum Gasteiger partial charge on any atom is -0.479 e. The van der Waals surface area contributed by atoms with Crippen LogP contribution < -0.4 is 10.6 Å². The Morgan fingerprint density at radius 1 is 0.476 bits per heavy atom. The number of aliphatic carboxylic acids is 2. The first kappa shape index (κ1) is 42.8. The molecule has 0 saturated heterocycles. The van der Waals surface area contributed by atoms with Crippen molar-refractivity contribution in [2.75, 3.05) is 26.2 Å². The highest BCUT2D eigenvalue weighted by Gasteiger charge is 2.29. The lowest BCUT2D eigenvalue weighted by Crippen LogP contribution is -2.39. The van der Waals surface area contributed by atoms with Crippen molar-refractivity contribution in [2.24, 2.45) is 0 Å². The fraction of sp³-hybridized carbons (Fsp3) is 0.938. The summed E-state index contributed by atoms with van der Waals surface area (Å²) in [6.45, 7) is 8.03. The van der Waals surface area contributed by atoms with Crippen LogP contribution in [0, 0.1) is 0 Å². The number of carboxylic acid groups (broad SMARTS) is 2. The first-order valence-corrected chi connectivity index (χ1v) is 16.8. The molecule has 0 aliphatic carbocycles. The van der Waals surface area contributed by atoms with Crippen LogP contribution in [0.1, 0.15) is 142 Å². The van der Waals surface area contributed by atoms with Crippen LogP contribution in [0.25, 0.3) is 0 Å². The lowest BCUT2D eigenvalue weighted by Gasteiger charge is -2.12. The Morgan fingerprint density at radius 3 is 1.07 bits per heavy atom. The normalized spacial score (nSPS) is 14.0. The van der Waals surface area contributed by atoms with Gasteiger partial charge in [0.1, 0.15) is 0 Å². The number of hydrogen-bond acceptors (Lipinski definition) is 8. The predicted octanol–water partition coefficient (Wildman–Crippen LogP) is 4.61. The fourth-order valence-electron chi connectivity index (χ4n) is 4.54. The molecule has 0 radical (unpaired) electrons. The number of carboxylic acids is 2. The molecule has 10 heteroatoms. The van der Waals surface area contributed by atoms with Gasteiger partial charge in [0.15, 0.2) is 12.2 Å². The maximum absolute atomic E-state index is 10.1. The van der Waals surface area contributed by atoms with Crippen LogP contribution in [-0.4, -0.2) is 93.2 Å². The molecule has 10 nitrogen and oxygen atoms in total. The SMILES string of the molecule is CCCCCCCCCC(O)CNCCCCCCNCC(O)CCCCCCCCC.O=C(O)C(O)C(O)C(=O)O. The van der Waals surface area contributed by atoms with Crippen LogP contribution in [0.4, 0.5) is 0 Å². The summed E-state index contributed by atoms with van der Waals surface area (Å²) in [5.74, 6) is -3.54. The van der Waals surface area contributed by atoms with Crippen LogP contribution in [0.5, 0.6) is 0 Å². The third-order valence-electron chi connectivity index (χ3n) is 7.30. The maximum Gasteiger partial charge on any atom is 0.335 e. The number of aliphatic hydroxyl groups is 4. The monoisotopic (exact) mass is 606 g/mol. The van der Waals surface area contributed by atoms with Gasteiger partial charge < -0.3 is 41.3 Å². The largest absolute Gasteiger partial charge is 0.479 e. The van der Waals surface area contributed by atoms with Gasteiger partial charge in [0.25, 0.3) is 0 Å². The summed E-state index contributed by atoms with van der Waals surface area (Å²) >= 11 is 0. The molecule has 0 spiro atoms. The molecule has 0 saturated carbocycles. The number of aliphatic hydroxyl groups excluding tert-OH is 4. The van der Waals surface area contributed by atoms with Gasteiger partial charge in [-0.15, -0.1) is 0 Å². The molecular weight excluding hydrogens is 540 g/mol. The predicted molar refractivity (Wildman–Crippen MR) is 169 cm³/mol. The smallest absolute Gasteiger partial charge is 0.335 e. The van der Waals surface area contributed by atoms with E-state index in [1.54, 1.807) is 0 Å². The van der Waals surface area contributed by atoms with E-state index in [1.807, 2.05) is 0 Å². The van der Waals surface area contributed by atoms with Crippen molar-refractivity contribution >= 4 is 11.9 Å². The van der Waals surface area contributed by atoms with Crippen molar-refractivity contribution in [1.29, 1.82) is 0 Å². The lowest BCUT2D eigenvalue weighted by molar-refractivity contribution is -0.165. The molecule has 0 heterocycles. The molecule has 0 aromatic rings. The third-order valence-corrected chi connectivity index (χ3v) is 7.30. The number of carbonyl (C=O) groups is 2. The van der Waals surface area contributed by atoms with E-state index in [9.17, 15) is 19.8 Å². The number of unbranched alkanes of at least 4 members (excludes halogenated alkanes) is 15. The summed E-state index contributed by atoms with van der Waals surface area (Å²) in [5.41, 5.74) is 0. The van der Waals surface area contributed by atoms with Crippen molar-refractivity contribution in [3.8, 4) is 0 Å². The summed E-state index contributed by atoms with van der Waals surface area (Å²) in [5, 5.41) is 59.5. The first-order valence-electron chi connectivity index (χ1n) is 16.8. The topological polar surface area (TPSA) is 180 Å². The molecule has 0 aromatic carbocycles. The molecule has 252 valence electrons. The van der Waals surface area contributed by atoms with Crippen molar-refractivity contribution in [3.05, 3.63) is 0 Å². The highest BCUT2D eigenvalue weighted by molar-refractivity contribution is 5.83. The summed E-state index contributed by atoms with van der Waals surface area (Å²) in [7, 11) is 0. The molecule has 0 amide bonds. The van der Waals surface area contributed by atoms with Gasteiger partial charge in [-0.1, -0.05) is 117 Å². The van der Waals surface area contributed by atoms with Gasteiger partial charge in [-0.25, -0.2) is 9.59 Å². The Bertz CT molecular complexity index is 547. The average molecular weight is 607 g/mol. The Morgan fingerprint density at radius 2 is 0.762 bits per heavy atom. The fourth-order valence-corrected chi connectivity index (χ4v) is 4.54. The quantitative estimate of drug-likeness (QED) is 0.0538. The van der Waals surface area contributed by atoms with Crippen molar-refractivity contribution in [1.82, 2.24) is 10.6 Å². The zero-order valence-electron chi connectivity index (χ0n) is 26.8. The van der Waals surface area contributed by atoms with E-state index in [0.717, 1.165) is 51.9 Å². The van der Waals surface area contributed by atoms with Crippen molar-refractivity contribution < 1.29 is 40.2 Å². The van der Waals surface area contributed by atoms with Gasteiger partial charge in [0.05, 0.1) is 12.2 Å². The zero-order valence-corrected chi connectivity index (χ0v) is 26.8. The number of hydrogen-bond donors (Lipinski definition) is 8. The van der Waals surface area contributed by atoms with E-state index in [1.165, 1.54) is 103 Å². The summed E-state index contributed by atoms with van der Waals surface area (Å²) in [6, 6.07) is 0. The van der Waals surface area contributed by atoms with E-state index in [-0.39, 0.29) is 12.2 Å². The van der Waals surface area contributed by atoms with E-state index >= 15 is 0 Å². The van der Waals surface area contributed by atoms with E-state index in [2.05, 4.69) is 24.5 Å². The van der Waals surface area contributed by atoms with Crippen LogP contribution in [-0.2, 0) is 9.59 Å². The summed E-state index contributed by atoms with van der Waals surface area (Å²) in [4.78, 5) is 19.5. The second-order valence-corrected chi connectivity index (χ2v) is 11.5. The van der Waals surface area contributed by atoms with E-state index in [4.69, 9.17) is 20.4 Å². The summed E-state index contributed by atoms with van der Waals surface area (Å²) < 4.78 is 0. The minimum absolute atomic E-state index is 0.178. The van der Waals surface area contributed by atoms with Gasteiger partial charge in [0.2, 0.25) is 0 Å². The Kier molecular flexibility index (Phi) is 33.3. The van der Waals surface area contributed by atoms with Gasteiger partial charge in [-0.3, -0.25) is 0 Å². The molecule has 0 aliphatic heterocycles.